The van der Waals surface area contributed by atoms with Crippen molar-refractivity contribution in [1.29, 1.82) is 0 Å². The second kappa shape index (κ2) is 21.3. The van der Waals surface area contributed by atoms with Gasteiger partial charge in [-0.25, -0.2) is 0 Å². The fourth-order valence-corrected chi connectivity index (χ4v) is 3.93. The minimum Gasteiger partial charge on any atom is -0.368 e. The Morgan fingerprint density at radius 2 is 1.26 bits per heavy atom. The molecule has 0 aromatic rings. The Bertz CT molecular complexity index is 668. The number of amides is 5. The van der Waals surface area contributed by atoms with Crippen LogP contribution in [0.5, 0.6) is 0 Å². The molecule has 13 heteroatoms. The summed E-state index contributed by atoms with van der Waals surface area (Å²) in [5.74, 6) is -0.110. The molecule has 0 saturated carbocycles. The average Bonchev–Trinajstić information content (AvgIpc) is 2.82. The van der Waals surface area contributed by atoms with Crippen molar-refractivity contribution in [1.82, 2.24) is 21.3 Å². The minimum absolute atomic E-state index is 0.0911. The van der Waals surface area contributed by atoms with Crippen molar-refractivity contribution in [3.63, 3.8) is 0 Å². The van der Waals surface area contributed by atoms with Gasteiger partial charge in [-0.1, -0.05) is 0 Å². The van der Waals surface area contributed by atoms with E-state index in [9.17, 15) is 24.0 Å². The SMILES string of the molecule is CSCCCCC(=O)NCCC(N)C(=O)NC(CCNC(=O)CCCCSC)C(=O)NCC(N)=O. The molecule has 0 aliphatic rings. The molecule has 0 aliphatic heterocycles. The molecular weight excluding hydrogens is 492 g/mol. The number of hydrogen-bond acceptors (Lipinski definition) is 8. The average molecular weight is 535 g/mol. The van der Waals surface area contributed by atoms with Gasteiger partial charge in [0.2, 0.25) is 29.5 Å². The van der Waals surface area contributed by atoms with Gasteiger partial charge >= 0.3 is 0 Å². The van der Waals surface area contributed by atoms with Gasteiger partial charge in [0.25, 0.3) is 0 Å². The van der Waals surface area contributed by atoms with Gasteiger partial charge in [0.05, 0.1) is 12.6 Å². The van der Waals surface area contributed by atoms with Crippen LogP contribution < -0.4 is 32.7 Å². The Hall–Kier alpha value is -1.99. The van der Waals surface area contributed by atoms with Crippen LogP contribution in [0.2, 0.25) is 0 Å². The van der Waals surface area contributed by atoms with Crippen LogP contribution in [-0.2, 0) is 24.0 Å². The van der Waals surface area contributed by atoms with E-state index in [1.54, 1.807) is 23.5 Å². The zero-order valence-electron chi connectivity index (χ0n) is 20.9. The second-order valence-electron chi connectivity index (χ2n) is 8.03. The van der Waals surface area contributed by atoms with E-state index < -0.39 is 29.8 Å². The molecule has 0 rings (SSSR count). The van der Waals surface area contributed by atoms with Gasteiger partial charge in [-0.05, 0) is 62.5 Å². The third kappa shape index (κ3) is 18.9. The van der Waals surface area contributed by atoms with Gasteiger partial charge in [0, 0.05) is 25.9 Å². The summed E-state index contributed by atoms with van der Waals surface area (Å²) >= 11 is 3.46. The van der Waals surface area contributed by atoms with Crippen LogP contribution in [0, 0.1) is 0 Å². The molecule has 11 nitrogen and oxygen atoms in total. The predicted molar refractivity (Wildman–Crippen MR) is 142 cm³/mol. The number of rotatable bonds is 21. The number of carbonyl (C=O) groups excluding carboxylic acids is 5. The molecule has 0 saturated heterocycles. The van der Waals surface area contributed by atoms with Crippen molar-refractivity contribution in [3.05, 3.63) is 0 Å². The fourth-order valence-electron chi connectivity index (χ4n) is 2.94. The first-order valence-electron chi connectivity index (χ1n) is 11.8. The van der Waals surface area contributed by atoms with Gasteiger partial charge in [0.15, 0.2) is 0 Å². The molecule has 0 aromatic carbocycles. The maximum absolute atomic E-state index is 12.5. The Morgan fingerprint density at radius 3 is 1.74 bits per heavy atom. The van der Waals surface area contributed by atoms with E-state index in [2.05, 4.69) is 21.3 Å². The maximum Gasteiger partial charge on any atom is 0.243 e. The number of thioether (sulfide) groups is 2. The number of nitrogens with one attached hydrogen (secondary N) is 4. The lowest BCUT2D eigenvalue weighted by atomic mass is 10.1. The molecule has 0 radical (unpaired) electrons. The van der Waals surface area contributed by atoms with Crippen molar-refractivity contribution >= 4 is 53.1 Å². The fraction of sp³-hybridized carbons (Fsp3) is 0.773. The Kier molecular flexibility index (Phi) is 20.1. The maximum atomic E-state index is 12.5. The van der Waals surface area contributed by atoms with E-state index in [0.29, 0.717) is 12.8 Å². The Labute approximate surface area is 216 Å². The van der Waals surface area contributed by atoms with Crippen LogP contribution in [0.25, 0.3) is 0 Å². The zero-order valence-corrected chi connectivity index (χ0v) is 22.5. The van der Waals surface area contributed by atoms with E-state index in [-0.39, 0.29) is 44.3 Å². The molecule has 0 aromatic heterocycles. The summed E-state index contributed by atoms with van der Waals surface area (Å²) in [5.41, 5.74) is 11.0. The summed E-state index contributed by atoms with van der Waals surface area (Å²) in [6.07, 6.45) is 8.64. The summed E-state index contributed by atoms with van der Waals surface area (Å²) in [6, 6.07) is -1.94. The molecule has 202 valence electrons. The highest BCUT2D eigenvalue weighted by Crippen LogP contribution is 2.03. The first-order valence-corrected chi connectivity index (χ1v) is 14.6. The summed E-state index contributed by atoms with van der Waals surface area (Å²) in [6.45, 7) is 0.0290. The molecule has 2 unspecified atom stereocenters. The minimum atomic E-state index is -1.00. The molecule has 0 bridgehead atoms. The van der Waals surface area contributed by atoms with E-state index >= 15 is 0 Å². The molecule has 0 aliphatic carbocycles. The molecular formula is C22H42N6O5S2. The highest BCUT2D eigenvalue weighted by Gasteiger charge is 2.24. The monoisotopic (exact) mass is 534 g/mol. The summed E-state index contributed by atoms with van der Waals surface area (Å²) in [7, 11) is 0. The van der Waals surface area contributed by atoms with E-state index in [4.69, 9.17) is 11.5 Å². The smallest absolute Gasteiger partial charge is 0.243 e. The van der Waals surface area contributed by atoms with Gasteiger partial charge in [0.1, 0.15) is 6.04 Å². The Morgan fingerprint density at radius 1 is 0.743 bits per heavy atom. The molecule has 35 heavy (non-hydrogen) atoms. The van der Waals surface area contributed by atoms with Gasteiger partial charge in [-0.2, -0.15) is 23.5 Å². The number of primary amides is 1. The van der Waals surface area contributed by atoms with Crippen LogP contribution in [-0.4, -0.2) is 85.3 Å². The highest BCUT2D eigenvalue weighted by atomic mass is 32.2. The van der Waals surface area contributed by atoms with Gasteiger partial charge < -0.3 is 32.7 Å². The number of unbranched alkanes of at least 4 members (excludes halogenated alkanes) is 2. The van der Waals surface area contributed by atoms with E-state index in [1.165, 1.54) is 0 Å². The molecule has 0 spiro atoms. The predicted octanol–water partition coefficient (Wildman–Crippen LogP) is -0.521. The largest absolute Gasteiger partial charge is 0.368 e. The van der Waals surface area contributed by atoms with Crippen LogP contribution in [0.4, 0.5) is 0 Å². The van der Waals surface area contributed by atoms with E-state index in [1.807, 2.05) is 12.5 Å². The third-order valence-electron chi connectivity index (χ3n) is 4.94. The van der Waals surface area contributed by atoms with Gasteiger partial charge in [-0.15, -0.1) is 0 Å². The molecule has 2 atom stereocenters. The lowest BCUT2D eigenvalue weighted by molar-refractivity contribution is -0.130. The van der Waals surface area contributed by atoms with Crippen molar-refractivity contribution in [3.8, 4) is 0 Å². The lowest BCUT2D eigenvalue weighted by Gasteiger charge is -2.21. The Balaban J connectivity index is 4.56. The third-order valence-corrected chi connectivity index (χ3v) is 6.34. The molecule has 0 fully saturated rings. The van der Waals surface area contributed by atoms with Crippen LogP contribution >= 0.6 is 23.5 Å². The highest BCUT2D eigenvalue weighted by molar-refractivity contribution is 7.98. The topological polar surface area (TPSA) is 186 Å². The number of hydrogen-bond donors (Lipinski definition) is 6. The summed E-state index contributed by atoms with van der Waals surface area (Å²) in [5, 5.41) is 10.4. The van der Waals surface area contributed by atoms with Crippen molar-refractivity contribution in [2.75, 3.05) is 43.7 Å². The van der Waals surface area contributed by atoms with Crippen molar-refractivity contribution in [2.45, 2.75) is 63.5 Å². The van der Waals surface area contributed by atoms with Gasteiger partial charge in [-0.3, -0.25) is 24.0 Å². The quantitative estimate of drug-likeness (QED) is 0.106. The molecule has 5 amide bonds. The van der Waals surface area contributed by atoms with Crippen LogP contribution in [0.15, 0.2) is 0 Å². The van der Waals surface area contributed by atoms with Crippen molar-refractivity contribution in [2.24, 2.45) is 11.5 Å². The summed E-state index contributed by atoms with van der Waals surface area (Å²) in [4.78, 5) is 59.7. The first kappa shape index (κ1) is 33.0. The normalized spacial score (nSPS) is 12.3. The number of carbonyl (C=O) groups is 5. The zero-order chi connectivity index (χ0) is 26.5. The molecule has 0 heterocycles. The first-order chi connectivity index (χ1) is 16.7. The number of nitrogens with two attached hydrogens (primary N) is 2. The van der Waals surface area contributed by atoms with Crippen LogP contribution in [0.1, 0.15) is 51.4 Å². The van der Waals surface area contributed by atoms with Crippen LogP contribution in [0.3, 0.4) is 0 Å². The van der Waals surface area contributed by atoms with E-state index in [0.717, 1.165) is 37.2 Å². The second-order valence-corrected chi connectivity index (χ2v) is 10.0. The van der Waals surface area contributed by atoms with Crippen molar-refractivity contribution < 1.29 is 24.0 Å². The summed E-state index contributed by atoms with van der Waals surface area (Å²) < 4.78 is 0. The standard InChI is InChI=1S/C22H42N6O5S2/c1-34-13-5-3-7-19(30)25-11-9-16(23)21(32)28-17(22(33)27-15-18(24)29)10-12-26-20(31)8-4-6-14-35-2/h16-17H,3-15,23H2,1-2H3,(H2,24,29)(H,25,30)(H,26,31)(H,27,33)(H,28,32). The lowest BCUT2D eigenvalue weighted by Crippen LogP contribution is -2.53. The molecule has 8 N–H and O–H groups in total.